The number of nitrogens with zero attached hydrogens (tertiary/aromatic N) is 3. The number of hydrogen-bond acceptors (Lipinski definition) is 4. The second-order valence-electron chi connectivity index (χ2n) is 7.69. The molecule has 5 nitrogen and oxygen atoms in total. The summed E-state index contributed by atoms with van der Waals surface area (Å²) in [7, 11) is 0. The normalized spacial score (nSPS) is 10.9. The fraction of sp³-hybridized carbons (Fsp3) is 0.160. The van der Waals surface area contributed by atoms with E-state index in [1.54, 1.807) is 30.0 Å². The van der Waals surface area contributed by atoms with E-state index in [2.05, 4.69) is 46.7 Å². The molecule has 0 atom stereocenters. The summed E-state index contributed by atoms with van der Waals surface area (Å²) in [6.07, 6.45) is 0. The van der Waals surface area contributed by atoms with Gasteiger partial charge in [-0.05, 0) is 49.7 Å². The van der Waals surface area contributed by atoms with E-state index in [1.807, 2.05) is 35.8 Å². The highest BCUT2D eigenvalue weighted by Crippen LogP contribution is 2.26. The zero-order valence-corrected chi connectivity index (χ0v) is 20.5. The number of amides is 1. The van der Waals surface area contributed by atoms with Gasteiger partial charge in [0.05, 0.1) is 6.54 Å². The molecule has 33 heavy (non-hydrogen) atoms. The molecule has 4 rings (SSSR count). The Bertz CT molecular complexity index is 1270. The van der Waals surface area contributed by atoms with Gasteiger partial charge in [-0.25, -0.2) is 0 Å². The number of thioether (sulfide) groups is 1. The van der Waals surface area contributed by atoms with Crippen LogP contribution in [0.5, 0.6) is 0 Å². The Morgan fingerprint density at radius 2 is 1.67 bits per heavy atom. The lowest BCUT2D eigenvalue weighted by molar-refractivity contribution is 0.0949. The van der Waals surface area contributed by atoms with Gasteiger partial charge in [0.15, 0.2) is 11.0 Å². The minimum absolute atomic E-state index is 0.203. The Balaban J connectivity index is 1.57. The summed E-state index contributed by atoms with van der Waals surface area (Å²) < 4.78 is 1.98. The number of hydrogen-bond donors (Lipinski definition) is 1. The van der Waals surface area contributed by atoms with E-state index in [1.165, 1.54) is 11.1 Å². The van der Waals surface area contributed by atoms with Crippen molar-refractivity contribution in [2.45, 2.75) is 31.3 Å². The average molecular weight is 497 g/mol. The summed E-state index contributed by atoms with van der Waals surface area (Å²) in [5.41, 5.74) is 4.92. The molecule has 0 fully saturated rings. The largest absolute Gasteiger partial charge is 0.345 e. The van der Waals surface area contributed by atoms with Crippen LogP contribution in [0.15, 0.2) is 71.9 Å². The number of aryl methyl sites for hydroxylation is 2. The SMILES string of the molecule is Cc1ccc(-n2c(CNC(=O)c3cc(Cl)cc(Cl)c3)nnc2SCc2cccc(C)c2)cc1. The van der Waals surface area contributed by atoms with Crippen molar-refractivity contribution in [3.8, 4) is 5.69 Å². The number of halogens is 2. The minimum Gasteiger partial charge on any atom is -0.345 e. The van der Waals surface area contributed by atoms with Gasteiger partial charge in [-0.15, -0.1) is 10.2 Å². The van der Waals surface area contributed by atoms with Crippen LogP contribution in [-0.2, 0) is 12.3 Å². The monoisotopic (exact) mass is 496 g/mol. The van der Waals surface area contributed by atoms with Crippen molar-refractivity contribution in [1.29, 1.82) is 0 Å². The van der Waals surface area contributed by atoms with Crippen LogP contribution < -0.4 is 5.32 Å². The number of carbonyl (C=O) groups excluding carboxylic acids is 1. The maximum Gasteiger partial charge on any atom is 0.251 e. The van der Waals surface area contributed by atoms with E-state index in [0.29, 0.717) is 21.4 Å². The Kier molecular flexibility index (Phi) is 7.38. The highest BCUT2D eigenvalue weighted by atomic mass is 35.5. The maximum absolute atomic E-state index is 12.7. The molecule has 0 unspecified atom stereocenters. The van der Waals surface area contributed by atoms with Crippen LogP contribution in [0.1, 0.15) is 32.9 Å². The van der Waals surface area contributed by atoms with Crippen molar-refractivity contribution in [2.75, 3.05) is 0 Å². The zero-order valence-electron chi connectivity index (χ0n) is 18.2. The Morgan fingerprint density at radius 3 is 2.36 bits per heavy atom. The van der Waals surface area contributed by atoms with E-state index < -0.39 is 0 Å². The van der Waals surface area contributed by atoms with Gasteiger partial charge >= 0.3 is 0 Å². The van der Waals surface area contributed by atoms with Crippen molar-refractivity contribution in [3.63, 3.8) is 0 Å². The average Bonchev–Trinajstić information content (AvgIpc) is 3.19. The molecule has 0 aliphatic carbocycles. The lowest BCUT2D eigenvalue weighted by atomic mass is 10.2. The summed E-state index contributed by atoms with van der Waals surface area (Å²) in [6.45, 7) is 4.33. The van der Waals surface area contributed by atoms with Crippen LogP contribution in [0.25, 0.3) is 5.69 Å². The molecule has 0 saturated carbocycles. The van der Waals surface area contributed by atoms with Crippen LogP contribution in [-0.4, -0.2) is 20.7 Å². The van der Waals surface area contributed by atoms with Crippen LogP contribution >= 0.6 is 35.0 Å². The lowest BCUT2D eigenvalue weighted by Crippen LogP contribution is -2.24. The zero-order chi connectivity index (χ0) is 23.4. The molecule has 8 heteroatoms. The molecule has 0 spiro atoms. The smallest absolute Gasteiger partial charge is 0.251 e. The minimum atomic E-state index is -0.285. The molecule has 0 radical (unpaired) electrons. The van der Waals surface area contributed by atoms with Gasteiger partial charge in [0.1, 0.15) is 0 Å². The van der Waals surface area contributed by atoms with Gasteiger partial charge in [0.2, 0.25) is 0 Å². The van der Waals surface area contributed by atoms with Gasteiger partial charge in [-0.3, -0.25) is 9.36 Å². The van der Waals surface area contributed by atoms with E-state index in [4.69, 9.17) is 23.2 Å². The molecule has 1 N–H and O–H groups in total. The third-order valence-corrected chi connectivity index (χ3v) is 6.41. The van der Waals surface area contributed by atoms with Crippen molar-refractivity contribution in [1.82, 2.24) is 20.1 Å². The topological polar surface area (TPSA) is 59.8 Å². The molecule has 1 aromatic heterocycles. The fourth-order valence-electron chi connectivity index (χ4n) is 3.36. The van der Waals surface area contributed by atoms with E-state index in [0.717, 1.165) is 22.2 Å². The standard InChI is InChI=1S/C25H22Cl2N4OS/c1-16-6-8-22(9-7-16)31-23(14-28-24(32)19-11-20(26)13-21(27)12-19)29-30-25(31)33-15-18-5-3-4-17(2)10-18/h3-13H,14-15H2,1-2H3,(H,28,32). The van der Waals surface area contributed by atoms with Gasteiger partial charge in [0.25, 0.3) is 5.91 Å². The molecule has 1 heterocycles. The molecular formula is C25H22Cl2N4OS. The molecule has 0 saturated heterocycles. The molecule has 0 aliphatic rings. The predicted molar refractivity (Wildman–Crippen MR) is 134 cm³/mol. The first kappa shape index (κ1) is 23.4. The fourth-order valence-corrected chi connectivity index (χ4v) is 4.80. The number of benzene rings is 3. The van der Waals surface area contributed by atoms with Gasteiger partial charge in [0, 0.05) is 27.0 Å². The molecule has 3 aromatic carbocycles. The summed E-state index contributed by atoms with van der Waals surface area (Å²) in [5.74, 6) is 1.11. The highest BCUT2D eigenvalue weighted by molar-refractivity contribution is 7.98. The third-order valence-electron chi connectivity index (χ3n) is 4.97. The number of aromatic nitrogens is 3. The molecule has 0 aliphatic heterocycles. The van der Waals surface area contributed by atoms with Gasteiger partial charge in [-0.2, -0.15) is 0 Å². The van der Waals surface area contributed by atoms with Crippen LogP contribution in [0.2, 0.25) is 10.0 Å². The van der Waals surface area contributed by atoms with Gasteiger partial charge in [-0.1, -0.05) is 82.5 Å². The second kappa shape index (κ2) is 10.4. The number of nitrogens with one attached hydrogen (secondary N) is 1. The molecule has 1 amide bonds. The maximum atomic E-state index is 12.7. The van der Waals surface area contributed by atoms with E-state index in [9.17, 15) is 4.79 Å². The summed E-state index contributed by atoms with van der Waals surface area (Å²) in [6, 6.07) is 21.3. The molecular weight excluding hydrogens is 475 g/mol. The van der Waals surface area contributed by atoms with Crippen molar-refractivity contribution >= 4 is 40.9 Å². The van der Waals surface area contributed by atoms with Crippen molar-refractivity contribution in [3.05, 3.63) is 105 Å². The van der Waals surface area contributed by atoms with Crippen LogP contribution in [0.3, 0.4) is 0 Å². The second-order valence-corrected chi connectivity index (χ2v) is 9.50. The summed E-state index contributed by atoms with van der Waals surface area (Å²) in [4.78, 5) is 12.7. The number of carbonyl (C=O) groups is 1. The molecule has 0 bridgehead atoms. The first-order valence-electron chi connectivity index (χ1n) is 10.3. The third kappa shape index (κ3) is 5.96. The molecule has 168 valence electrons. The van der Waals surface area contributed by atoms with Gasteiger partial charge < -0.3 is 5.32 Å². The van der Waals surface area contributed by atoms with Crippen LogP contribution in [0.4, 0.5) is 0 Å². The Morgan fingerprint density at radius 1 is 0.939 bits per heavy atom. The highest BCUT2D eigenvalue weighted by Gasteiger charge is 2.16. The first-order chi connectivity index (χ1) is 15.9. The van der Waals surface area contributed by atoms with E-state index >= 15 is 0 Å². The summed E-state index contributed by atoms with van der Waals surface area (Å²) in [5, 5.41) is 13.3. The van der Waals surface area contributed by atoms with Crippen molar-refractivity contribution in [2.24, 2.45) is 0 Å². The first-order valence-corrected chi connectivity index (χ1v) is 12.1. The predicted octanol–water partition coefficient (Wildman–Crippen LogP) is 6.41. The molecule has 4 aromatic rings. The Labute approximate surface area is 207 Å². The van der Waals surface area contributed by atoms with E-state index in [-0.39, 0.29) is 12.5 Å². The summed E-state index contributed by atoms with van der Waals surface area (Å²) >= 11 is 13.7. The Hall–Kier alpha value is -2.80. The quantitative estimate of drug-likeness (QED) is 0.300. The van der Waals surface area contributed by atoms with Crippen molar-refractivity contribution < 1.29 is 4.79 Å². The van der Waals surface area contributed by atoms with Crippen LogP contribution in [0, 0.1) is 13.8 Å². The number of rotatable bonds is 7. The lowest BCUT2D eigenvalue weighted by Gasteiger charge is -2.12.